The number of hydrogen-bond donors (Lipinski definition) is 2. The van der Waals surface area contributed by atoms with E-state index in [9.17, 15) is 8.42 Å². The fourth-order valence-electron chi connectivity index (χ4n) is 1.09. The van der Waals surface area contributed by atoms with Crippen LogP contribution in [0.15, 0.2) is 23.1 Å². The van der Waals surface area contributed by atoms with Gasteiger partial charge in [0, 0.05) is 0 Å². The minimum absolute atomic E-state index is 0.0203. The third kappa shape index (κ3) is 3.43. The standard InChI is InChI=1S/C8H10O3S.H3NO/c1-6-3-4-8(7(2)5-6)12(9,10)11;1-2/h3-5H,1-2H3,(H,9,10,11);1H3. The Hall–Kier alpha value is -0.950. The Bertz CT molecular complexity index is 400. The molecule has 0 amide bonds. The van der Waals surface area contributed by atoms with Crippen molar-refractivity contribution >= 4 is 10.1 Å². The third-order valence-corrected chi connectivity index (χ3v) is 2.62. The summed E-state index contributed by atoms with van der Waals surface area (Å²) in [4.78, 5) is -0.0203. The van der Waals surface area contributed by atoms with Crippen LogP contribution in [0, 0.1) is 19.1 Å². The molecule has 0 aliphatic carbocycles. The van der Waals surface area contributed by atoms with Gasteiger partial charge in [-0.25, -0.2) is 0 Å². The average Bonchev–Trinajstić information content (AvgIpc) is 2.05. The molecule has 0 aromatic heterocycles. The summed E-state index contributed by atoms with van der Waals surface area (Å²) in [5.41, 5.74) is 1.54. The molecule has 14 heavy (non-hydrogen) atoms. The van der Waals surface area contributed by atoms with Crippen LogP contribution in [-0.2, 0) is 10.1 Å². The van der Waals surface area contributed by atoms with Gasteiger partial charge in [-0.1, -0.05) is 17.7 Å². The topological polar surface area (TPSA) is 105 Å². The molecule has 0 bridgehead atoms. The fourth-order valence-corrected chi connectivity index (χ4v) is 1.79. The first-order valence-electron chi connectivity index (χ1n) is 3.75. The highest BCUT2D eigenvalue weighted by Crippen LogP contribution is 2.15. The Kier molecular flexibility index (Phi) is 4.72. The average molecular weight is 219 g/mol. The largest absolute Gasteiger partial charge is 0.637 e. The first kappa shape index (κ1) is 13.1. The van der Waals surface area contributed by atoms with Gasteiger partial charge in [-0.2, -0.15) is 8.42 Å². The van der Waals surface area contributed by atoms with Crippen molar-refractivity contribution in [1.82, 2.24) is 0 Å². The van der Waals surface area contributed by atoms with E-state index in [-0.39, 0.29) is 4.90 Å². The van der Waals surface area contributed by atoms with Crippen LogP contribution in [0.2, 0.25) is 0 Å². The zero-order valence-corrected chi connectivity index (χ0v) is 8.84. The van der Waals surface area contributed by atoms with Crippen molar-refractivity contribution in [3.8, 4) is 0 Å². The van der Waals surface area contributed by atoms with Gasteiger partial charge in [-0.05, 0) is 25.5 Å². The number of quaternary nitrogens is 1. The van der Waals surface area contributed by atoms with Gasteiger partial charge < -0.3 is 11.1 Å². The Balaban J connectivity index is 0.000000791. The van der Waals surface area contributed by atoms with Crippen LogP contribution in [0.3, 0.4) is 0 Å². The lowest BCUT2D eigenvalue weighted by Crippen LogP contribution is -2.37. The number of rotatable bonds is 1. The SMILES string of the molecule is Cc1ccc(S(=O)(=O)O)c(C)c1.[NH3+][O-]. The Labute approximate surface area is 82.9 Å². The Morgan fingerprint density at radius 2 is 1.79 bits per heavy atom. The molecule has 5 nitrogen and oxygen atoms in total. The van der Waals surface area contributed by atoms with Crippen molar-refractivity contribution in [3.63, 3.8) is 0 Å². The fraction of sp³-hybridized carbons (Fsp3) is 0.250. The minimum Gasteiger partial charge on any atom is -0.637 e. The molecule has 0 unspecified atom stereocenters. The number of aryl methyl sites for hydroxylation is 2. The predicted octanol–water partition coefficient (Wildman–Crippen LogP) is 0.276. The zero-order valence-electron chi connectivity index (χ0n) is 8.02. The van der Waals surface area contributed by atoms with Gasteiger partial charge in [-0.3, -0.25) is 4.55 Å². The van der Waals surface area contributed by atoms with Crippen LogP contribution in [0.1, 0.15) is 11.1 Å². The molecule has 1 aromatic carbocycles. The van der Waals surface area contributed by atoms with E-state index in [1.165, 1.54) is 6.07 Å². The maximum Gasteiger partial charge on any atom is 0.294 e. The molecule has 0 spiro atoms. The van der Waals surface area contributed by atoms with Crippen LogP contribution in [0.4, 0.5) is 0 Å². The molecule has 0 aliphatic heterocycles. The zero-order chi connectivity index (χ0) is 11.4. The lowest BCUT2D eigenvalue weighted by molar-refractivity contribution is -0.275. The quantitative estimate of drug-likeness (QED) is 0.522. The Morgan fingerprint density at radius 1 is 1.29 bits per heavy atom. The summed E-state index contributed by atoms with van der Waals surface area (Å²) < 4.78 is 30.2. The smallest absolute Gasteiger partial charge is 0.294 e. The first-order chi connectivity index (χ1) is 6.41. The van der Waals surface area contributed by atoms with Crippen LogP contribution in [-0.4, -0.2) is 13.0 Å². The maximum atomic E-state index is 10.7. The maximum absolute atomic E-state index is 10.7. The van der Waals surface area contributed by atoms with Crippen LogP contribution >= 0.6 is 0 Å². The molecule has 0 aliphatic rings. The second kappa shape index (κ2) is 5.06. The summed E-state index contributed by atoms with van der Waals surface area (Å²) in [6.45, 7) is 3.51. The lowest BCUT2D eigenvalue weighted by Gasteiger charge is -2.02. The van der Waals surface area contributed by atoms with Gasteiger partial charge in [0.1, 0.15) is 0 Å². The van der Waals surface area contributed by atoms with Gasteiger partial charge in [-0.15, -0.1) is 0 Å². The van der Waals surface area contributed by atoms with Crippen LogP contribution in [0.5, 0.6) is 0 Å². The van der Waals surface area contributed by atoms with Crippen molar-refractivity contribution in [3.05, 3.63) is 34.5 Å². The molecule has 0 radical (unpaired) electrons. The summed E-state index contributed by atoms with van der Waals surface area (Å²) in [6, 6.07) is 4.76. The highest BCUT2D eigenvalue weighted by Gasteiger charge is 2.11. The molecule has 80 valence electrons. The van der Waals surface area contributed by atoms with E-state index in [0.29, 0.717) is 5.56 Å². The van der Waals surface area contributed by atoms with Gasteiger partial charge in [0.15, 0.2) is 0 Å². The van der Waals surface area contributed by atoms with Crippen molar-refractivity contribution in [2.24, 2.45) is 0 Å². The van der Waals surface area contributed by atoms with Gasteiger partial charge in [0.25, 0.3) is 10.1 Å². The summed E-state index contributed by atoms with van der Waals surface area (Å²) in [5, 5.41) is 8.00. The molecule has 6 heteroatoms. The van der Waals surface area contributed by atoms with Crippen LogP contribution < -0.4 is 5.90 Å². The van der Waals surface area contributed by atoms with E-state index < -0.39 is 10.1 Å². The van der Waals surface area contributed by atoms with E-state index in [1.54, 1.807) is 19.1 Å². The van der Waals surface area contributed by atoms with E-state index in [0.717, 1.165) is 5.56 Å². The van der Waals surface area contributed by atoms with Crippen molar-refractivity contribution in [2.45, 2.75) is 18.7 Å². The van der Waals surface area contributed by atoms with E-state index in [4.69, 9.17) is 9.76 Å². The minimum atomic E-state index is -4.05. The molecular formula is C8H13NO4S. The molecular weight excluding hydrogens is 206 g/mol. The summed E-state index contributed by atoms with van der Waals surface area (Å²) >= 11 is 0. The highest BCUT2D eigenvalue weighted by atomic mass is 32.2. The monoisotopic (exact) mass is 219 g/mol. The van der Waals surface area contributed by atoms with Crippen molar-refractivity contribution in [2.75, 3.05) is 0 Å². The molecule has 1 rings (SSSR count). The Morgan fingerprint density at radius 3 is 2.14 bits per heavy atom. The molecule has 1 aromatic rings. The van der Waals surface area contributed by atoms with E-state index >= 15 is 0 Å². The number of hydrogen-bond acceptors (Lipinski definition) is 3. The molecule has 0 saturated carbocycles. The second-order valence-electron chi connectivity index (χ2n) is 2.74. The van der Waals surface area contributed by atoms with Crippen molar-refractivity contribution < 1.29 is 18.9 Å². The van der Waals surface area contributed by atoms with Crippen LogP contribution in [0.25, 0.3) is 0 Å². The molecule has 0 saturated heterocycles. The summed E-state index contributed by atoms with van der Waals surface area (Å²) in [5.74, 6) is 2.00. The number of benzene rings is 1. The molecule has 0 fully saturated rings. The normalized spacial score (nSPS) is 10.4. The highest BCUT2D eigenvalue weighted by molar-refractivity contribution is 7.85. The molecule has 4 N–H and O–H groups in total. The second-order valence-corrected chi connectivity index (χ2v) is 4.13. The van der Waals surface area contributed by atoms with E-state index in [1.807, 2.05) is 12.8 Å². The van der Waals surface area contributed by atoms with E-state index in [2.05, 4.69) is 0 Å². The third-order valence-electron chi connectivity index (χ3n) is 1.61. The molecule has 0 atom stereocenters. The summed E-state index contributed by atoms with van der Waals surface area (Å²) in [7, 11) is -4.05. The van der Waals surface area contributed by atoms with Gasteiger partial charge >= 0.3 is 0 Å². The van der Waals surface area contributed by atoms with Gasteiger partial charge in [0.05, 0.1) is 4.90 Å². The summed E-state index contributed by atoms with van der Waals surface area (Å²) in [6.07, 6.45) is 0. The van der Waals surface area contributed by atoms with Gasteiger partial charge in [0.2, 0.25) is 0 Å². The first-order valence-corrected chi connectivity index (χ1v) is 5.19. The van der Waals surface area contributed by atoms with Crippen molar-refractivity contribution in [1.29, 1.82) is 0 Å². The lowest BCUT2D eigenvalue weighted by atomic mass is 10.2. The predicted molar refractivity (Wildman–Crippen MR) is 52.0 cm³/mol. The molecule has 0 heterocycles.